The van der Waals surface area contributed by atoms with E-state index in [1.807, 2.05) is 13.8 Å². The number of methoxy groups -OCH3 is 1. The third-order valence-corrected chi connectivity index (χ3v) is 12.5. The van der Waals surface area contributed by atoms with Crippen molar-refractivity contribution in [1.82, 2.24) is 0 Å². The van der Waals surface area contributed by atoms with Crippen LogP contribution in [0, 0.1) is 44.3 Å². The zero-order chi connectivity index (χ0) is 25.8. The van der Waals surface area contributed by atoms with E-state index < -0.39 is 10.8 Å². The Morgan fingerprint density at radius 2 is 1.66 bits per heavy atom. The van der Waals surface area contributed by atoms with Gasteiger partial charge in [-0.1, -0.05) is 60.6 Å². The van der Waals surface area contributed by atoms with Gasteiger partial charge in [0.1, 0.15) is 5.78 Å². The molecule has 0 aromatic heterocycles. The number of esters is 1. The number of hydrogen-bond donors (Lipinski definition) is 1. The maximum atomic E-state index is 13.3. The van der Waals surface area contributed by atoms with Crippen LogP contribution in [0.2, 0.25) is 0 Å². The molecule has 3 saturated carbocycles. The second kappa shape index (κ2) is 7.33. The van der Waals surface area contributed by atoms with Gasteiger partial charge in [0.25, 0.3) is 0 Å². The van der Waals surface area contributed by atoms with Crippen molar-refractivity contribution >= 4 is 11.8 Å². The fourth-order valence-electron chi connectivity index (χ4n) is 9.94. The first-order chi connectivity index (χ1) is 16.1. The van der Waals surface area contributed by atoms with Crippen LogP contribution in [0.15, 0.2) is 23.3 Å². The first kappa shape index (κ1) is 25.2. The normalized spacial score (nSPS) is 47.8. The maximum absolute atomic E-state index is 13.3. The Labute approximate surface area is 212 Å². The van der Waals surface area contributed by atoms with Crippen molar-refractivity contribution in [1.29, 1.82) is 0 Å². The van der Waals surface area contributed by atoms with Crippen LogP contribution >= 0.6 is 0 Å². The molecule has 35 heavy (non-hydrogen) atoms. The lowest BCUT2D eigenvalue weighted by Gasteiger charge is -2.69. The Hall–Kier alpha value is -1.42. The Kier molecular flexibility index (Phi) is 5.29. The summed E-state index contributed by atoms with van der Waals surface area (Å²) in [4.78, 5) is 26.5. The number of carbonyl (C=O) groups excluding carboxylic acids is 2. The van der Waals surface area contributed by atoms with E-state index in [1.165, 1.54) is 18.3 Å². The molecule has 0 unspecified atom stereocenters. The highest BCUT2D eigenvalue weighted by Crippen LogP contribution is 2.74. The molecule has 7 atom stereocenters. The van der Waals surface area contributed by atoms with Crippen LogP contribution in [-0.4, -0.2) is 30.1 Å². The van der Waals surface area contributed by atoms with Crippen molar-refractivity contribution in [2.45, 2.75) is 106 Å². The molecule has 1 N–H and O–H groups in total. The molecule has 4 heteroatoms. The molecule has 0 heterocycles. The number of rotatable bonds is 1. The molecule has 5 rings (SSSR count). The van der Waals surface area contributed by atoms with Gasteiger partial charge in [-0.2, -0.15) is 0 Å². The molecular formula is C31H46O4. The lowest BCUT2D eigenvalue weighted by molar-refractivity contribution is -0.184. The topological polar surface area (TPSA) is 63.6 Å². The number of hydrogen-bond acceptors (Lipinski definition) is 4. The second-order valence-electron chi connectivity index (χ2n) is 14.7. The predicted octanol–water partition coefficient (Wildman–Crippen LogP) is 6.42. The van der Waals surface area contributed by atoms with Crippen LogP contribution in [0.5, 0.6) is 0 Å². The molecule has 5 aliphatic carbocycles. The summed E-state index contributed by atoms with van der Waals surface area (Å²) in [6.07, 6.45) is 11.3. The van der Waals surface area contributed by atoms with Gasteiger partial charge in [0.2, 0.25) is 0 Å². The van der Waals surface area contributed by atoms with E-state index in [1.54, 1.807) is 0 Å². The lowest BCUT2D eigenvalue weighted by Crippen LogP contribution is -2.63. The fraction of sp³-hybridized carbons (Fsp3) is 0.806. The molecule has 0 aromatic rings. The summed E-state index contributed by atoms with van der Waals surface area (Å²) >= 11 is 0. The zero-order valence-corrected chi connectivity index (χ0v) is 23.2. The summed E-state index contributed by atoms with van der Waals surface area (Å²) in [7, 11) is 1.47. The quantitative estimate of drug-likeness (QED) is 0.438. The lowest BCUT2D eigenvalue weighted by atomic mass is 9.35. The Morgan fingerprint density at radius 3 is 2.31 bits per heavy atom. The average Bonchev–Trinajstić information content (AvgIpc) is 2.77. The van der Waals surface area contributed by atoms with Crippen LogP contribution in [0.25, 0.3) is 0 Å². The number of ketones is 1. The van der Waals surface area contributed by atoms with Gasteiger partial charge >= 0.3 is 5.97 Å². The molecule has 3 fully saturated rings. The first-order valence-corrected chi connectivity index (χ1v) is 13.8. The van der Waals surface area contributed by atoms with Gasteiger partial charge in [-0.15, -0.1) is 0 Å². The highest BCUT2D eigenvalue weighted by Gasteiger charge is 2.67. The molecule has 0 aromatic carbocycles. The minimum atomic E-state index is -0.804. The maximum Gasteiger partial charge on any atom is 0.316 e. The Balaban J connectivity index is 1.69. The van der Waals surface area contributed by atoms with E-state index in [0.29, 0.717) is 24.7 Å². The van der Waals surface area contributed by atoms with Crippen LogP contribution in [0.1, 0.15) is 99.8 Å². The van der Waals surface area contributed by atoms with Crippen molar-refractivity contribution < 1.29 is 19.4 Å². The van der Waals surface area contributed by atoms with Gasteiger partial charge in [-0.05, 0) is 89.6 Å². The van der Waals surface area contributed by atoms with E-state index in [9.17, 15) is 14.7 Å². The molecular weight excluding hydrogens is 436 g/mol. The van der Waals surface area contributed by atoms with Crippen LogP contribution in [0.3, 0.4) is 0 Å². The minimum Gasteiger partial charge on any atom is -0.468 e. The third kappa shape index (κ3) is 2.95. The number of fused-ring (bicyclic) bond motifs is 6. The summed E-state index contributed by atoms with van der Waals surface area (Å²) in [6.45, 7) is 16.1. The number of carbonyl (C=O) groups is 2. The Bertz CT molecular complexity index is 1030. The van der Waals surface area contributed by atoms with Crippen molar-refractivity contribution in [2.75, 3.05) is 7.11 Å². The highest BCUT2D eigenvalue weighted by atomic mass is 16.5. The van der Waals surface area contributed by atoms with Gasteiger partial charge in [0.15, 0.2) is 0 Å². The monoisotopic (exact) mass is 482 g/mol. The number of allylic oxidation sites excluding steroid dienone is 3. The van der Waals surface area contributed by atoms with Crippen LogP contribution < -0.4 is 0 Å². The smallest absolute Gasteiger partial charge is 0.316 e. The molecule has 0 saturated heterocycles. The zero-order valence-electron chi connectivity index (χ0n) is 23.2. The van der Waals surface area contributed by atoms with Crippen molar-refractivity contribution in [3.63, 3.8) is 0 Å². The van der Waals surface area contributed by atoms with Gasteiger partial charge < -0.3 is 9.84 Å². The number of aliphatic hydroxyl groups is 1. The summed E-state index contributed by atoms with van der Waals surface area (Å²) < 4.78 is 5.36. The summed E-state index contributed by atoms with van der Waals surface area (Å²) in [5, 5.41) is 10.9. The molecule has 0 aliphatic heterocycles. The van der Waals surface area contributed by atoms with Crippen molar-refractivity contribution in [2.24, 2.45) is 44.3 Å². The average molecular weight is 483 g/mol. The fourth-order valence-corrected chi connectivity index (χ4v) is 9.94. The van der Waals surface area contributed by atoms with E-state index in [-0.39, 0.29) is 45.9 Å². The largest absolute Gasteiger partial charge is 0.468 e. The van der Waals surface area contributed by atoms with E-state index in [4.69, 9.17) is 4.74 Å². The number of Topliss-reactive ketones (excluding diaryl/α,β-unsaturated/α-hetero) is 1. The van der Waals surface area contributed by atoms with Gasteiger partial charge in [0, 0.05) is 11.8 Å². The summed E-state index contributed by atoms with van der Waals surface area (Å²) in [6, 6.07) is 0. The van der Waals surface area contributed by atoms with E-state index in [0.717, 1.165) is 32.1 Å². The summed E-state index contributed by atoms with van der Waals surface area (Å²) in [5.74, 6) is 0.864. The first-order valence-electron chi connectivity index (χ1n) is 13.8. The second-order valence-corrected chi connectivity index (χ2v) is 14.7. The Morgan fingerprint density at radius 1 is 0.971 bits per heavy atom. The highest BCUT2D eigenvalue weighted by molar-refractivity contribution is 5.95. The summed E-state index contributed by atoms with van der Waals surface area (Å²) in [5.41, 5.74) is 1.30. The molecule has 5 aliphatic rings. The number of aliphatic hydroxyl groups excluding tert-OH is 1. The van der Waals surface area contributed by atoms with E-state index >= 15 is 0 Å². The predicted molar refractivity (Wildman–Crippen MR) is 137 cm³/mol. The molecule has 0 amide bonds. The van der Waals surface area contributed by atoms with Gasteiger partial charge in [0.05, 0.1) is 18.6 Å². The number of ether oxygens (including phenoxy) is 1. The third-order valence-electron chi connectivity index (χ3n) is 12.5. The molecule has 0 bridgehead atoms. The molecule has 0 spiro atoms. The van der Waals surface area contributed by atoms with E-state index in [2.05, 4.69) is 46.8 Å². The molecule has 4 nitrogen and oxygen atoms in total. The van der Waals surface area contributed by atoms with Crippen molar-refractivity contribution in [3.8, 4) is 0 Å². The van der Waals surface area contributed by atoms with Gasteiger partial charge in [-0.25, -0.2) is 0 Å². The van der Waals surface area contributed by atoms with Crippen LogP contribution in [-0.2, 0) is 14.3 Å². The minimum absolute atomic E-state index is 0.0517. The van der Waals surface area contributed by atoms with Crippen LogP contribution in [0.4, 0.5) is 0 Å². The SMILES string of the molecule is COC(=O)[C@@]12CC[C@]3(C)C(=C1CC(C)(C)C(=O)C2)C=C[C@@H]1[C@@]2(C)CC[C@H](O)C(C)(C)[C@H]2CC[C@]13C. The molecule has 0 radical (unpaired) electrons. The molecule has 194 valence electrons. The standard InChI is InChI=1S/C31H46O4/c1-26(2)17-20-19-9-10-22-28(5)13-12-23(32)27(3,4)21(28)11-14-30(22,7)29(19,6)15-16-31(20,18-24(26)33)25(34)35-8/h9-10,21-23,32H,11-18H2,1-8H3/t21-,22-,23+,28+,29-,30-,31-/m1/s1. The van der Waals surface area contributed by atoms with Crippen molar-refractivity contribution in [3.05, 3.63) is 23.3 Å². The van der Waals surface area contributed by atoms with Gasteiger partial charge in [-0.3, -0.25) is 9.59 Å².